The smallest absolute Gasteiger partial charge is 0.163 e. The highest BCUT2D eigenvalue weighted by molar-refractivity contribution is 5.19. The molecule has 19 heavy (non-hydrogen) atoms. The summed E-state index contributed by atoms with van der Waals surface area (Å²) in [4.78, 5) is 2.25. The van der Waals surface area contributed by atoms with Gasteiger partial charge in [-0.15, -0.1) is 0 Å². The zero-order chi connectivity index (χ0) is 13.2. The molecule has 2 aliphatic rings. The van der Waals surface area contributed by atoms with E-state index >= 15 is 0 Å². The maximum Gasteiger partial charge on any atom is 0.163 e. The van der Waals surface area contributed by atoms with Gasteiger partial charge in [-0.1, -0.05) is 12.1 Å². The van der Waals surface area contributed by atoms with Crippen LogP contribution in [0.3, 0.4) is 0 Å². The highest BCUT2D eigenvalue weighted by Crippen LogP contribution is 2.33. The molecule has 4 heteroatoms. The Labute approximate surface area is 112 Å². The average Bonchev–Trinajstić information content (AvgIpc) is 3.21. The third-order valence-corrected chi connectivity index (χ3v) is 4.13. The molecule has 1 atom stereocenters. The number of nitrogens with zero attached hydrogens (tertiary/aromatic N) is 1. The van der Waals surface area contributed by atoms with Crippen molar-refractivity contribution in [2.45, 2.75) is 31.8 Å². The van der Waals surface area contributed by atoms with Crippen LogP contribution in [0, 0.1) is 17.6 Å². The van der Waals surface area contributed by atoms with Crippen molar-refractivity contribution in [1.82, 2.24) is 10.2 Å². The van der Waals surface area contributed by atoms with E-state index in [1.54, 1.807) is 12.1 Å². The van der Waals surface area contributed by atoms with Crippen LogP contribution in [0.1, 0.15) is 24.8 Å². The van der Waals surface area contributed by atoms with E-state index in [-0.39, 0.29) is 0 Å². The Balaban J connectivity index is 1.68. The third-order valence-electron chi connectivity index (χ3n) is 4.13. The van der Waals surface area contributed by atoms with E-state index in [2.05, 4.69) is 10.2 Å². The Morgan fingerprint density at radius 1 is 1.26 bits per heavy atom. The molecule has 0 radical (unpaired) electrons. The first-order valence-corrected chi connectivity index (χ1v) is 7.12. The Bertz CT molecular complexity index is 446. The lowest BCUT2D eigenvalue weighted by molar-refractivity contribution is 0.246. The molecule has 104 valence electrons. The quantitative estimate of drug-likeness (QED) is 0.904. The van der Waals surface area contributed by atoms with Crippen molar-refractivity contribution in [2.24, 2.45) is 5.92 Å². The molecule has 1 unspecified atom stereocenters. The van der Waals surface area contributed by atoms with Crippen molar-refractivity contribution in [2.75, 3.05) is 19.6 Å². The summed E-state index contributed by atoms with van der Waals surface area (Å²) in [6, 6.07) is 4.97. The van der Waals surface area contributed by atoms with Gasteiger partial charge in [0.05, 0.1) is 0 Å². The zero-order valence-corrected chi connectivity index (χ0v) is 11.0. The number of hydrogen-bond donors (Lipinski definition) is 1. The van der Waals surface area contributed by atoms with Crippen molar-refractivity contribution < 1.29 is 8.78 Å². The molecule has 1 aromatic carbocycles. The molecule has 0 spiro atoms. The van der Waals surface area contributed by atoms with Crippen molar-refractivity contribution in [3.05, 3.63) is 35.4 Å². The van der Waals surface area contributed by atoms with Gasteiger partial charge >= 0.3 is 0 Å². The zero-order valence-electron chi connectivity index (χ0n) is 11.0. The maximum atomic E-state index is 13.7. The second kappa shape index (κ2) is 5.55. The first-order chi connectivity index (χ1) is 9.24. The van der Waals surface area contributed by atoms with Crippen LogP contribution >= 0.6 is 0 Å². The molecule has 1 aliphatic carbocycles. The molecule has 1 saturated heterocycles. The number of nitrogens with one attached hydrogen (secondary N) is 1. The van der Waals surface area contributed by atoms with Crippen LogP contribution in [-0.2, 0) is 6.54 Å². The second-order valence-corrected chi connectivity index (χ2v) is 5.70. The summed E-state index contributed by atoms with van der Waals surface area (Å²) in [5.41, 5.74) is 0.469. The molecule has 1 aliphatic heterocycles. The van der Waals surface area contributed by atoms with Gasteiger partial charge in [0.2, 0.25) is 0 Å². The Hall–Kier alpha value is -1.00. The monoisotopic (exact) mass is 266 g/mol. The van der Waals surface area contributed by atoms with Crippen molar-refractivity contribution >= 4 is 0 Å². The van der Waals surface area contributed by atoms with Crippen LogP contribution in [0.2, 0.25) is 0 Å². The molecule has 1 aromatic rings. The van der Waals surface area contributed by atoms with Crippen LogP contribution in [0.4, 0.5) is 8.78 Å². The van der Waals surface area contributed by atoms with Gasteiger partial charge in [-0.25, -0.2) is 8.78 Å². The molecule has 0 amide bonds. The van der Waals surface area contributed by atoms with Crippen LogP contribution in [0.15, 0.2) is 18.2 Å². The molecule has 0 aromatic heterocycles. The minimum absolute atomic E-state index is 0.469. The predicted octanol–water partition coefficient (Wildman–Crippen LogP) is 2.54. The molecule has 1 N–H and O–H groups in total. The van der Waals surface area contributed by atoms with Gasteiger partial charge in [-0.05, 0) is 44.3 Å². The number of halogens is 2. The van der Waals surface area contributed by atoms with Gasteiger partial charge in [-0.2, -0.15) is 0 Å². The average molecular weight is 266 g/mol. The first kappa shape index (κ1) is 13.0. The van der Waals surface area contributed by atoms with Gasteiger partial charge in [0.1, 0.15) is 0 Å². The van der Waals surface area contributed by atoms with E-state index < -0.39 is 11.6 Å². The number of hydrogen-bond acceptors (Lipinski definition) is 2. The van der Waals surface area contributed by atoms with Gasteiger partial charge in [0.25, 0.3) is 0 Å². The lowest BCUT2D eigenvalue weighted by Crippen LogP contribution is -2.39. The van der Waals surface area contributed by atoms with Crippen molar-refractivity contribution in [3.63, 3.8) is 0 Å². The fourth-order valence-electron chi connectivity index (χ4n) is 2.89. The topological polar surface area (TPSA) is 15.3 Å². The summed E-state index contributed by atoms with van der Waals surface area (Å²) in [5, 5.41) is 3.58. The molecule has 1 saturated carbocycles. The standard InChI is InChI=1S/C15H20F2N2/c16-13-4-1-3-12(15(13)17)9-19-8-2-7-18-14(10-19)11-5-6-11/h1,3-4,11,14,18H,2,5-10H2. The Morgan fingerprint density at radius 2 is 2.11 bits per heavy atom. The van der Waals surface area contributed by atoms with Gasteiger partial charge < -0.3 is 5.32 Å². The van der Waals surface area contributed by atoms with E-state index in [9.17, 15) is 8.78 Å². The largest absolute Gasteiger partial charge is 0.312 e. The fraction of sp³-hybridized carbons (Fsp3) is 0.600. The predicted molar refractivity (Wildman–Crippen MR) is 70.8 cm³/mol. The van der Waals surface area contributed by atoms with Crippen LogP contribution < -0.4 is 5.32 Å². The molecule has 2 fully saturated rings. The molecule has 3 rings (SSSR count). The summed E-state index contributed by atoms with van der Waals surface area (Å²) in [7, 11) is 0. The van der Waals surface area contributed by atoms with E-state index in [1.807, 2.05) is 0 Å². The third kappa shape index (κ3) is 3.12. The van der Waals surface area contributed by atoms with E-state index in [0.717, 1.165) is 32.0 Å². The van der Waals surface area contributed by atoms with Gasteiger partial charge in [0.15, 0.2) is 11.6 Å². The highest BCUT2D eigenvalue weighted by Gasteiger charge is 2.33. The summed E-state index contributed by atoms with van der Waals surface area (Å²) in [6.07, 6.45) is 3.68. The van der Waals surface area contributed by atoms with Crippen molar-refractivity contribution in [1.29, 1.82) is 0 Å². The Kier molecular flexibility index (Phi) is 3.80. The van der Waals surface area contributed by atoms with Crippen LogP contribution in [0.5, 0.6) is 0 Å². The molecule has 0 bridgehead atoms. The Morgan fingerprint density at radius 3 is 2.89 bits per heavy atom. The van der Waals surface area contributed by atoms with Gasteiger partial charge in [0, 0.05) is 24.7 Å². The second-order valence-electron chi connectivity index (χ2n) is 5.70. The van der Waals surface area contributed by atoms with Crippen LogP contribution in [0.25, 0.3) is 0 Å². The van der Waals surface area contributed by atoms with Crippen LogP contribution in [-0.4, -0.2) is 30.6 Å². The van der Waals surface area contributed by atoms with Crippen molar-refractivity contribution in [3.8, 4) is 0 Å². The number of rotatable bonds is 3. The van der Waals surface area contributed by atoms with E-state index in [4.69, 9.17) is 0 Å². The summed E-state index contributed by atoms with van der Waals surface area (Å²) >= 11 is 0. The molecule has 1 heterocycles. The molecular weight excluding hydrogens is 246 g/mol. The summed E-state index contributed by atoms with van der Waals surface area (Å²) in [5.74, 6) is -0.648. The molecular formula is C15H20F2N2. The normalized spacial score (nSPS) is 25.3. The van der Waals surface area contributed by atoms with E-state index in [0.29, 0.717) is 18.2 Å². The number of benzene rings is 1. The highest BCUT2D eigenvalue weighted by atomic mass is 19.2. The SMILES string of the molecule is Fc1cccc(CN2CCCNC(C3CC3)C2)c1F. The summed E-state index contributed by atoms with van der Waals surface area (Å²) < 4.78 is 26.9. The fourth-order valence-corrected chi connectivity index (χ4v) is 2.89. The maximum absolute atomic E-state index is 13.7. The lowest BCUT2D eigenvalue weighted by Gasteiger charge is -2.24. The minimum atomic E-state index is -0.746. The summed E-state index contributed by atoms with van der Waals surface area (Å²) in [6.45, 7) is 3.44. The molecule has 2 nitrogen and oxygen atoms in total. The van der Waals surface area contributed by atoms with Gasteiger partial charge in [-0.3, -0.25) is 4.90 Å². The lowest BCUT2D eigenvalue weighted by atomic mass is 10.1. The van der Waals surface area contributed by atoms with E-state index in [1.165, 1.54) is 18.9 Å². The minimum Gasteiger partial charge on any atom is -0.312 e. The first-order valence-electron chi connectivity index (χ1n) is 7.12.